The van der Waals surface area contributed by atoms with Crippen molar-refractivity contribution in [3.05, 3.63) is 29.4 Å². The van der Waals surface area contributed by atoms with Crippen molar-refractivity contribution < 1.29 is 4.79 Å². The van der Waals surface area contributed by atoms with Gasteiger partial charge in [0.25, 0.3) is 0 Å². The number of carbonyl (C=O) groups excluding carboxylic acids is 1. The third-order valence-electron chi connectivity index (χ3n) is 3.47. The van der Waals surface area contributed by atoms with Gasteiger partial charge in [-0.15, -0.1) is 11.3 Å². The Bertz CT molecular complexity index is 587. The van der Waals surface area contributed by atoms with E-state index >= 15 is 0 Å². The number of amides is 1. The molecule has 0 aliphatic carbocycles. The maximum atomic E-state index is 12.1. The Morgan fingerprint density at radius 2 is 2.32 bits per heavy atom. The van der Waals surface area contributed by atoms with Crippen LogP contribution in [0.1, 0.15) is 30.2 Å². The number of hydrogen-bond donors (Lipinski definition) is 1. The van der Waals surface area contributed by atoms with Crippen molar-refractivity contribution in [2.45, 2.75) is 32.2 Å². The van der Waals surface area contributed by atoms with E-state index in [-0.39, 0.29) is 11.9 Å². The lowest BCUT2D eigenvalue weighted by Gasteiger charge is -2.17. The minimum atomic E-state index is -0.123. The van der Waals surface area contributed by atoms with E-state index in [2.05, 4.69) is 29.4 Å². The number of nitrogens with zero attached hydrogens (tertiary/aromatic N) is 2. The molecule has 1 fully saturated rings. The summed E-state index contributed by atoms with van der Waals surface area (Å²) in [6, 6.07) is 4.04. The zero-order valence-corrected chi connectivity index (χ0v) is 11.7. The molecule has 1 atom stereocenters. The molecule has 0 saturated carbocycles. The molecular formula is C14H17N3OS. The summed E-state index contributed by atoms with van der Waals surface area (Å²) < 4.78 is 2.02. The van der Waals surface area contributed by atoms with Crippen LogP contribution >= 0.6 is 11.3 Å². The Morgan fingerprint density at radius 3 is 3.11 bits per heavy atom. The molecule has 2 aromatic heterocycles. The molecule has 0 radical (unpaired) electrons. The Balaban J connectivity index is 1.97. The van der Waals surface area contributed by atoms with Crippen LogP contribution in [0.4, 0.5) is 0 Å². The van der Waals surface area contributed by atoms with Crippen LogP contribution in [-0.2, 0) is 4.79 Å². The second-order valence-corrected chi connectivity index (χ2v) is 6.16. The third-order valence-corrected chi connectivity index (χ3v) is 4.47. The Kier molecular flexibility index (Phi) is 3.38. The summed E-state index contributed by atoms with van der Waals surface area (Å²) in [5, 5.41) is 2.98. The lowest BCUT2D eigenvalue weighted by atomic mass is 10.1. The molecule has 2 aromatic rings. The second kappa shape index (κ2) is 5.17. The smallest absolute Gasteiger partial charge is 0.243 e. The molecule has 5 heteroatoms. The van der Waals surface area contributed by atoms with E-state index in [4.69, 9.17) is 0 Å². The number of nitrogens with one attached hydrogen (secondary N) is 1. The lowest BCUT2D eigenvalue weighted by molar-refractivity contribution is -0.124. The SMILES string of the molecule is Cc1ccc(-c2nccn2[C@@H]2CCCCNC2=O)s1. The number of aromatic nitrogens is 2. The maximum absolute atomic E-state index is 12.1. The molecule has 0 bridgehead atoms. The molecule has 19 heavy (non-hydrogen) atoms. The van der Waals surface area contributed by atoms with E-state index in [1.165, 1.54) is 4.88 Å². The number of aryl methyl sites for hydroxylation is 1. The largest absolute Gasteiger partial charge is 0.354 e. The fourth-order valence-electron chi connectivity index (χ4n) is 2.50. The molecule has 0 spiro atoms. The highest BCUT2D eigenvalue weighted by Crippen LogP contribution is 2.30. The first kappa shape index (κ1) is 12.4. The summed E-state index contributed by atoms with van der Waals surface area (Å²) in [5.41, 5.74) is 0. The number of imidazole rings is 1. The first-order valence-corrected chi connectivity index (χ1v) is 7.45. The predicted molar refractivity (Wildman–Crippen MR) is 76.2 cm³/mol. The van der Waals surface area contributed by atoms with Gasteiger partial charge in [-0.1, -0.05) is 0 Å². The summed E-state index contributed by atoms with van der Waals surface area (Å²) in [5.74, 6) is 1.02. The van der Waals surface area contributed by atoms with Gasteiger partial charge < -0.3 is 9.88 Å². The van der Waals surface area contributed by atoms with E-state index in [0.717, 1.165) is 36.5 Å². The predicted octanol–water partition coefficient (Wildman–Crippen LogP) is 2.76. The van der Waals surface area contributed by atoms with Gasteiger partial charge in [0.2, 0.25) is 5.91 Å². The van der Waals surface area contributed by atoms with E-state index in [9.17, 15) is 4.79 Å². The summed E-state index contributed by atoms with van der Waals surface area (Å²) in [4.78, 5) is 19.0. The third kappa shape index (κ3) is 2.42. The van der Waals surface area contributed by atoms with Gasteiger partial charge in [-0.3, -0.25) is 4.79 Å². The standard InChI is InChI=1S/C14H17N3OS/c1-10-5-6-12(19-10)13-15-8-9-17(13)11-4-2-3-7-16-14(11)18/h5-6,8-9,11H,2-4,7H2,1H3,(H,16,18)/t11-/m1/s1. The molecule has 1 saturated heterocycles. The van der Waals surface area contributed by atoms with E-state index in [0.29, 0.717) is 0 Å². The first-order chi connectivity index (χ1) is 9.25. The van der Waals surface area contributed by atoms with Crippen LogP contribution < -0.4 is 5.32 Å². The van der Waals surface area contributed by atoms with Crippen LogP contribution in [0.25, 0.3) is 10.7 Å². The van der Waals surface area contributed by atoms with Crippen molar-refractivity contribution in [1.29, 1.82) is 0 Å². The quantitative estimate of drug-likeness (QED) is 0.916. The summed E-state index contributed by atoms with van der Waals surface area (Å²) in [7, 11) is 0. The summed E-state index contributed by atoms with van der Waals surface area (Å²) in [6.07, 6.45) is 6.72. The average Bonchev–Trinajstić information content (AvgIpc) is 2.97. The number of carbonyl (C=O) groups is 1. The topological polar surface area (TPSA) is 46.9 Å². The van der Waals surface area contributed by atoms with E-state index < -0.39 is 0 Å². The minimum Gasteiger partial charge on any atom is -0.354 e. The van der Waals surface area contributed by atoms with Crippen LogP contribution in [0.3, 0.4) is 0 Å². The van der Waals surface area contributed by atoms with Gasteiger partial charge in [0.05, 0.1) is 4.88 Å². The molecule has 1 N–H and O–H groups in total. The normalized spacial score (nSPS) is 20.1. The van der Waals surface area contributed by atoms with Crippen molar-refractivity contribution >= 4 is 17.2 Å². The highest BCUT2D eigenvalue weighted by molar-refractivity contribution is 7.15. The van der Waals surface area contributed by atoms with Gasteiger partial charge in [-0.25, -0.2) is 4.98 Å². The van der Waals surface area contributed by atoms with Gasteiger partial charge in [-0.2, -0.15) is 0 Å². The zero-order valence-electron chi connectivity index (χ0n) is 10.9. The number of hydrogen-bond acceptors (Lipinski definition) is 3. The number of rotatable bonds is 2. The van der Waals surface area contributed by atoms with Crippen molar-refractivity contribution in [3.63, 3.8) is 0 Å². The molecule has 1 aliphatic rings. The highest BCUT2D eigenvalue weighted by Gasteiger charge is 2.24. The van der Waals surface area contributed by atoms with Gasteiger partial charge in [0.1, 0.15) is 6.04 Å². The molecule has 4 nitrogen and oxygen atoms in total. The maximum Gasteiger partial charge on any atom is 0.243 e. The average molecular weight is 275 g/mol. The van der Waals surface area contributed by atoms with Gasteiger partial charge in [0.15, 0.2) is 5.82 Å². The number of thiophene rings is 1. The fraction of sp³-hybridized carbons (Fsp3) is 0.429. The molecular weight excluding hydrogens is 258 g/mol. The molecule has 3 rings (SSSR count). The van der Waals surface area contributed by atoms with Crippen LogP contribution in [0.5, 0.6) is 0 Å². The highest BCUT2D eigenvalue weighted by atomic mass is 32.1. The van der Waals surface area contributed by atoms with Crippen molar-refractivity contribution in [1.82, 2.24) is 14.9 Å². The van der Waals surface area contributed by atoms with Gasteiger partial charge >= 0.3 is 0 Å². The van der Waals surface area contributed by atoms with Gasteiger partial charge in [0, 0.05) is 23.8 Å². The molecule has 1 aliphatic heterocycles. The van der Waals surface area contributed by atoms with Gasteiger partial charge in [-0.05, 0) is 38.3 Å². The fourth-order valence-corrected chi connectivity index (χ4v) is 3.37. The van der Waals surface area contributed by atoms with Crippen molar-refractivity contribution in [2.75, 3.05) is 6.54 Å². The van der Waals surface area contributed by atoms with Crippen LogP contribution in [0.15, 0.2) is 24.5 Å². The second-order valence-electron chi connectivity index (χ2n) is 4.87. The van der Waals surface area contributed by atoms with E-state index in [1.807, 2.05) is 10.8 Å². The first-order valence-electron chi connectivity index (χ1n) is 6.63. The molecule has 3 heterocycles. The summed E-state index contributed by atoms with van der Waals surface area (Å²) >= 11 is 1.72. The Labute approximate surface area is 116 Å². The van der Waals surface area contributed by atoms with Crippen LogP contribution in [0.2, 0.25) is 0 Å². The monoisotopic (exact) mass is 275 g/mol. The Morgan fingerprint density at radius 1 is 1.42 bits per heavy atom. The molecule has 100 valence electrons. The molecule has 0 aromatic carbocycles. The van der Waals surface area contributed by atoms with Crippen molar-refractivity contribution in [3.8, 4) is 10.7 Å². The summed E-state index contributed by atoms with van der Waals surface area (Å²) in [6.45, 7) is 2.87. The van der Waals surface area contributed by atoms with E-state index in [1.54, 1.807) is 17.5 Å². The van der Waals surface area contributed by atoms with Crippen LogP contribution in [0, 0.1) is 6.92 Å². The molecule has 0 unspecified atom stereocenters. The Hall–Kier alpha value is -1.62. The molecule has 1 amide bonds. The zero-order chi connectivity index (χ0) is 13.2. The van der Waals surface area contributed by atoms with Crippen LogP contribution in [-0.4, -0.2) is 22.0 Å². The minimum absolute atomic E-state index is 0.116. The van der Waals surface area contributed by atoms with Crippen molar-refractivity contribution in [2.24, 2.45) is 0 Å². The lowest BCUT2D eigenvalue weighted by Crippen LogP contribution is -2.30.